The summed E-state index contributed by atoms with van der Waals surface area (Å²) < 4.78 is 10.3. The van der Waals surface area contributed by atoms with Gasteiger partial charge in [0.05, 0.1) is 13.2 Å². The zero-order chi connectivity index (χ0) is 16.5. The maximum Gasteiger partial charge on any atom is 0.270 e. The molecule has 7 heteroatoms. The molecule has 23 heavy (non-hydrogen) atoms. The van der Waals surface area contributed by atoms with Crippen LogP contribution in [0.2, 0.25) is 0 Å². The van der Waals surface area contributed by atoms with Gasteiger partial charge in [-0.3, -0.25) is 4.79 Å². The lowest BCUT2D eigenvalue weighted by atomic mass is 10.3. The number of anilines is 2. The number of ether oxygens (including phenoxy) is 2. The molecule has 0 saturated heterocycles. The minimum Gasteiger partial charge on any atom is -0.494 e. The Bertz CT molecular complexity index is 631. The first kappa shape index (κ1) is 16.7. The van der Waals surface area contributed by atoms with Crippen molar-refractivity contribution in [3.63, 3.8) is 0 Å². The lowest BCUT2D eigenvalue weighted by molar-refractivity contribution is 0.0932. The molecule has 0 unspecified atom stereocenters. The topological polar surface area (TPSA) is 85.4 Å². The molecule has 0 aliphatic carbocycles. The molecule has 0 radical (unpaired) electrons. The van der Waals surface area contributed by atoms with Crippen molar-refractivity contribution in [3.8, 4) is 5.75 Å². The third kappa shape index (κ3) is 5.23. The highest BCUT2D eigenvalue weighted by molar-refractivity contribution is 5.92. The fraction of sp³-hybridized carbons (Fsp3) is 0.312. The molecule has 2 rings (SSSR count). The van der Waals surface area contributed by atoms with Crippen LogP contribution in [0.4, 0.5) is 11.5 Å². The minimum absolute atomic E-state index is 0.265. The van der Waals surface area contributed by atoms with Gasteiger partial charge in [-0.25, -0.2) is 9.97 Å². The van der Waals surface area contributed by atoms with Gasteiger partial charge in [0.2, 0.25) is 0 Å². The zero-order valence-electron chi connectivity index (χ0n) is 13.2. The van der Waals surface area contributed by atoms with E-state index in [0.29, 0.717) is 31.3 Å². The van der Waals surface area contributed by atoms with Crippen LogP contribution in [-0.4, -0.2) is 42.7 Å². The summed E-state index contributed by atoms with van der Waals surface area (Å²) in [6.45, 7) is 3.45. The number of rotatable bonds is 8. The molecule has 7 nitrogen and oxygen atoms in total. The van der Waals surface area contributed by atoms with Gasteiger partial charge in [-0.15, -0.1) is 0 Å². The van der Waals surface area contributed by atoms with E-state index in [1.54, 1.807) is 13.2 Å². The van der Waals surface area contributed by atoms with E-state index in [4.69, 9.17) is 9.47 Å². The van der Waals surface area contributed by atoms with Crippen LogP contribution < -0.4 is 15.4 Å². The van der Waals surface area contributed by atoms with Crippen LogP contribution in [-0.2, 0) is 4.74 Å². The first-order valence-electron chi connectivity index (χ1n) is 7.32. The SMILES string of the molecule is CCOc1ccc(Nc2cc(C(=O)NCCOC)ncn2)cc1. The molecule has 122 valence electrons. The Morgan fingerprint density at radius 1 is 1.22 bits per heavy atom. The van der Waals surface area contributed by atoms with Gasteiger partial charge in [0.1, 0.15) is 23.6 Å². The van der Waals surface area contributed by atoms with Crippen LogP contribution in [0.5, 0.6) is 5.75 Å². The van der Waals surface area contributed by atoms with Crippen molar-refractivity contribution in [2.75, 3.05) is 32.2 Å². The molecular formula is C16H20N4O3. The Morgan fingerprint density at radius 3 is 2.70 bits per heavy atom. The summed E-state index contributed by atoms with van der Waals surface area (Å²) in [5.74, 6) is 1.08. The number of nitrogens with one attached hydrogen (secondary N) is 2. The fourth-order valence-electron chi connectivity index (χ4n) is 1.86. The van der Waals surface area contributed by atoms with Gasteiger partial charge >= 0.3 is 0 Å². The van der Waals surface area contributed by atoms with Crippen molar-refractivity contribution < 1.29 is 14.3 Å². The average Bonchev–Trinajstić information content (AvgIpc) is 2.57. The maximum absolute atomic E-state index is 11.9. The molecule has 1 aromatic heterocycles. The first-order valence-corrected chi connectivity index (χ1v) is 7.32. The first-order chi connectivity index (χ1) is 11.2. The van der Waals surface area contributed by atoms with Crippen LogP contribution in [0.25, 0.3) is 0 Å². The van der Waals surface area contributed by atoms with Gasteiger partial charge in [-0.1, -0.05) is 0 Å². The van der Waals surface area contributed by atoms with E-state index in [-0.39, 0.29) is 5.91 Å². The second-order valence-corrected chi connectivity index (χ2v) is 4.62. The van der Waals surface area contributed by atoms with E-state index in [0.717, 1.165) is 11.4 Å². The number of hydrogen-bond donors (Lipinski definition) is 2. The highest BCUT2D eigenvalue weighted by Gasteiger charge is 2.08. The van der Waals surface area contributed by atoms with E-state index in [1.807, 2.05) is 31.2 Å². The predicted octanol–water partition coefficient (Wildman–Crippen LogP) is 2.00. The second-order valence-electron chi connectivity index (χ2n) is 4.62. The monoisotopic (exact) mass is 316 g/mol. The molecule has 0 fully saturated rings. The van der Waals surface area contributed by atoms with Gasteiger partial charge in [0, 0.05) is 25.4 Å². The van der Waals surface area contributed by atoms with E-state index in [1.165, 1.54) is 6.33 Å². The largest absolute Gasteiger partial charge is 0.494 e. The van der Waals surface area contributed by atoms with Crippen molar-refractivity contribution in [2.24, 2.45) is 0 Å². The average molecular weight is 316 g/mol. The number of hydrogen-bond acceptors (Lipinski definition) is 6. The zero-order valence-corrected chi connectivity index (χ0v) is 13.2. The number of aromatic nitrogens is 2. The highest BCUT2D eigenvalue weighted by Crippen LogP contribution is 2.19. The van der Waals surface area contributed by atoms with Crippen LogP contribution in [0.1, 0.15) is 17.4 Å². The van der Waals surface area contributed by atoms with E-state index >= 15 is 0 Å². The Morgan fingerprint density at radius 2 is 2.00 bits per heavy atom. The summed E-state index contributed by atoms with van der Waals surface area (Å²) in [4.78, 5) is 20.0. The molecule has 2 aromatic rings. The standard InChI is InChI=1S/C16H20N4O3/c1-3-23-13-6-4-12(5-7-13)20-15-10-14(18-11-19-15)16(21)17-8-9-22-2/h4-7,10-11H,3,8-9H2,1-2H3,(H,17,21)(H,18,19,20). The Kier molecular flexibility index (Phi) is 6.31. The normalized spacial score (nSPS) is 10.2. The van der Waals surface area contributed by atoms with Crippen molar-refractivity contribution in [3.05, 3.63) is 42.4 Å². The number of carbonyl (C=O) groups excluding carboxylic acids is 1. The molecule has 1 heterocycles. The van der Waals surface area contributed by atoms with Gasteiger partial charge < -0.3 is 20.1 Å². The predicted molar refractivity (Wildman–Crippen MR) is 87.1 cm³/mol. The molecule has 0 saturated carbocycles. The Labute approximate surface area is 135 Å². The second kappa shape index (κ2) is 8.70. The summed E-state index contributed by atoms with van der Waals surface area (Å²) >= 11 is 0. The van der Waals surface area contributed by atoms with Gasteiger partial charge in [-0.2, -0.15) is 0 Å². The number of benzene rings is 1. The molecule has 0 atom stereocenters. The molecule has 0 aliphatic rings. The molecule has 0 aliphatic heterocycles. The Balaban J connectivity index is 2.00. The Hall–Kier alpha value is -2.67. The van der Waals surface area contributed by atoms with Crippen LogP contribution in [0, 0.1) is 0 Å². The number of carbonyl (C=O) groups is 1. The van der Waals surface area contributed by atoms with Crippen LogP contribution in [0.3, 0.4) is 0 Å². The van der Waals surface area contributed by atoms with Crippen molar-refractivity contribution in [1.29, 1.82) is 0 Å². The van der Waals surface area contributed by atoms with Crippen molar-refractivity contribution >= 4 is 17.4 Å². The summed E-state index contributed by atoms with van der Waals surface area (Å²) in [5, 5.41) is 5.84. The number of nitrogens with zero attached hydrogens (tertiary/aromatic N) is 2. The molecule has 1 aromatic carbocycles. The van der Waals surface area contributed by atoms with Crippen molar-refractivity contribution in [2.45, 2.75) is 6.92 Å². The van der Waals surface area contributed by atoms with Crippen LogP contribution >= 0.6 is 0 Å². The fourth-order valence-corrected chi connectivity index (χ4v) is 1.86. The summed E-state index contributed by atoms with van der Waals surface area (Å²) in [5.41, 5.74) is 1.14. The van der Waals surface area contributed by atoms with E-state index in [2.05, 4.69) is 20.6 Å². The summed E-state index contributed by atoms with van der Waals surface area (Å²) in [7, 11) is 1.58. The highest BCUT2D eigenvalue weighted by atomic mass is 16.5. The minimum atomic E-state index is -0.265. The molecular weight excluding hydrogens is 296 g/mol. The molecule has 0 bridgehead atoms. The van der Waals surface area contributed by atoms with Crippen molar-refractivity contribution in [1.82, 2.24) is 15.3 Å². The quantitative estimate of drug-likeness (QED) is 0.725. The van der Waals surface area contributed by atoms with E-state index in [9.17, 15) is 4.79 Å². The molecule has 1 amide bonds. The summed E-state index contributed by atoms with van der Waals surface area (Å²) in [6, 6.07) is 9.09. The lowest BCUT2D eigenvalue weighted by Gasteiger charge is -2.08. The van der Waals surface area contributed by atoms with Gasteiger partial charge in [0.25, 0.3) is 5.91 Å². The smallest absolute Gasteiger partial charge is 0.270 e. The van der Waals surface area contributed by atoms with Crippen LogP contribution in [0.15, 0.2) is 36.7 Å². The number of methoxy groups -OCH3 is 1. The van der Waals surface area contributed by atoms with E-state index < -0.39 is 0 Å². The van der Waals surface area contributed by atoms with Gasteiger partial charge in [-0.05, 0) is 31.2 Å². The maximum atomic E-state index is 11.9. The summed E-state index contributed by atoms with van der Waals surface area (Å²) in [6.07, 6.45) is 1.35. The third-order valence-corrected chi connectivity index (χ3v) is 2.93. The lowest BCUT2D eigenvalue weighted by Crippen LogP contribution is -2.27. The third-order valence-electron chi connectivity index (χ3n) is 2.93. The van der Waals surface area contributed by atoms with Gasteiger partial charge in [0.15, 0.2) is 0 Å². The number of amides is 1. The molecule has 2 N–H and O–H groups in total. The molecule has 0 spiro atoms.